The van der Waals surface area contributed by atoms with Crippen LogP contribution in [0.5, 0.6) is 0 Å². The number of aliphatic imine (C=N–C) groups is 1. The number of amidine groups is 1. The molecular weight excluding hydrogens is 426 g/mol. The third kappa shape index (κ3) is 4.61. The number of hydrogen-bond donors (Lipinski definition) is 1. The Morgan fingerprint density at radius 2 is 1.85 bits per heavy atom. The lowest BCUT2D eigenvalue weighted by molar-refractivity contribution is -0.115. The van der Waals surface area contributed by atoms with Gasteiger partial charge in [-0.2, -0.15) is 0 Å². The van der Waals surface area contributed by atoms with E-state index in [-0.39, 0.29) is 11.4 Å². The SMILES string of the molecule is Cc1ccc(N=C2NC(=O)/C(=C/c3cc4c(cc3C)N(C(C)C)C(C)(C)C[C@H]4C)S2)cc1C. The molecule has 2 aromatic rings. The lowest BCUT2D eigenvalue weighted by Crippen LogP contribution is -2.51. The molecule has 0 aliphatic carbocycles. The summed E-state index contributed by atoms with van der Waals surface area (Å²) in [6.45, 7) is 17.8. The number of benzene rings is 2. The van der Waals surface area contributed by atoms with Crippen molar-refractivity contribution in [3.05, 3.63) is 63.1 Å². The minimum absolute atomic E-state index is 0.0855. The van der Waals surface area contributed by atoms with Crippen LogP contribution in [0.15, 0.2) is 40.2 Å². The summed E-state index contributed by atoms with van der Waals surface area (Å²) in [5, 5.41) is 3.56. The molecule has 0 unspecified atom stereocenters. The van der Waals surface area contributed by atoms with E-state index in [1.54, 1.807) is 0 Å². The number of nitrogens with zero attached hydrogens (tertiary/aromatic N) is 2. The molecule has 1 N–H and O–H groups in total. The number of carbonyl (C=O) groups is 1. The Kier molecular flexibility index (Phi) is 6.21. The van der Waals surface area contributed by atoms with E-state index in [2.05, 4.69) is 88.8 Å². The van der Waals surface area contributed by atoms with Gasteiger partial charge in [-0.15, -0.1) is 0 Å². The average molecular weight is 462 g/mol. The topological polar surface area (TPSA) is 44.7 Å². The first-order valence-corrected chi connectivity index (χ1v) is 12.6. The molecule has 4 nitrogen and oxygen atoms in total. The van der Waals surface area contributed by atoms with E-state index in [0.29, 0.717) is 22.0 Å². The van der Waals surface area contributed by atoms with Crippen molar-refractivity contribution in [1.82, 2.24) is 5.32 Å². The maximum Gasteiger partial charge on any atom is 0.264 e. The highest BCUT2D eigenvalue weighted by atomic mass is 32.2. The Labute approximate surface area is 202 Å². The smallest absolute Gasteiger partial charge is 0.264 e. The van der Waals surface area contributed by atoms with E-state index in [9.17, 15) is 4.79 Å². The van der Waals surface area contributed by atoms with Gasteiger partial charge in [0.15, 0.2) is 5.17 Å². The lowest BCUT2D eigenvalue weighted by atomic mass is 9.78. The summed E-state index contributed by atoms with van der Waals surface area (Å²) in [7, 11) is 0. The Bertz CT molecular complexity index is 1180. The van der Waals surface area contributed by atoms with E-state index >= 15 is 0 Å². The van der Waals surface area contributed by atoms with Crippen LogP contribution < -0.4 is 10.2 Å². The van der Waals surface area contributed by atoms with Gasteiger partial charge >= 0.3 is 0 Å². The van der Waals surface area contributed by atoms with E-state index < -0.39 is 0 Å². The molecule has 0 radical (unpaired) electrons. The van der Waals surface area contributed by atoms with Gasteiger partial charge in [0.25, 0.3) is 5.91 Å². The fourth-order valence-corrected chi connectivity index (χ4v) is 6.11. The third-order valence-corrected chi connectivity index (χ3v) is 7.75. The highest BCUT2D eigenvalue weighted by molar-refractivity contribution is 8.18. The van der Waals surface area contributed by atoms with Crippen molar-refractivity contribution in [2.24, 2.45) is 4.99 Å². The summed E-state index contributed by atoms with van der Waals surface area (Å²) in [5.74, 6) is 0.382. The zero-order valence-corrected chi connectivity index (χ0v) is 21.9. The van der Waals surface area contributed by atoms with Crippen LogP contribution in [0.1, 0.15) is 74.8 Å². The van der Waals surface area contributed by atoms with Gasteiger partial charge in [0.2, 0.25) is 0 Å². The van der Waals surface area contributed by atoms with Crippen molar-refractivity contribution >= 4 is 40.3 Å². The second-order valence-electron chi connectivity index (χ2n) is 10.4. The number of nitrogens with one attached hydrogen (secondary N) is 1. The number of carbonyl (C=O) groups excluding carboxylic acids is 1. The van der Waals surface area contributed by atoms with Gasteiger partial charge in [-0.05, 0) is 131 Å². The Hall–Kier alpha value is -2.53. The van der Waals surface area contributed by atoms with E-state index in [4.69, 9.17) is 0 Å². The molecule has 33 heavy (non-hydrogen) atoms. The maximum atomic E-state index is 12.7. The standard InChI is InChI=1S/C28H35N3OS/c1-16(2)31-24-12-19(5)21(13-23(24)20(6)15-28(31,7)8)14-25-26(32)30-27(33-25)29-22-10-9-17(3)18(4)11-22/h9-14,16,20H,15H2,1-8H3,(H,29,30,32)/b25-14-/t20-/m1/s1. The number of anilines is 1. The normalized spacial score (nSPS) is 22.3. The van der Waals surface area contributed by atoms with Gasteiger partial charge < -0.3 is 10.2 Å². The second kappa shape index (κ2) is 8.68. The number of amides is 1. The van der Waals surface area contributed by atoms with Crippen molar-refractivity contribution in [1.29, 1.82) is 0 Å². The van der Waals surface area contributed by atoms with Crippen molar-refractivity contribution < 1.29 is 4.79 Å². The molecule has 0 saturated carbocycles. The number of aryl methyl sites for hydroxylation is 3. The van der Waals surface area contributed by atoms with Crippen LogP contribution in [0.3, 0.4) is 0 Å². The molecule has 1 atom stereocenters. The maximum absolute atomic E-state index is 12.7. The molecule has 2 aliphatic rings. The minimum atomic E-state index is -0.0855. The fourth-order valence-electron chi connectivity index (χ4n) is 5.28. The van der Waals surface area contributed by atoms with Crippen molar-refractivity contribution in [2.75, 3.05) is 4.90 Å². The predicted molar refractivity (Wildman–Crippen MR) is 143 cm³/mol. The number of hydrogen-bond acceptors (Lipinski definition) is 4. The highest BCUT2D eigenvalue weighted by Crippen LogP contribution is 2.45. The first-order chi connectivity index (χ1) is 15.5. The monoisotopic (exact) mass is 461 g/mol. The second-order valence-corrected chi connectivity index (χ2v) is 11.4. The van der Waals surface area contributed by atoms with Crippen molar-refractivity contribution in [2.45, 2.75) is 79.3 Å². The summed E-state index contributed by atoms with van der Waals surface area (Å²) in [6.07, 6.45) is 3.13. The fraction of sp³-hybridized carbons (Fsp3) is 0.429. The van der Waals surface area contributed by atoms with Gasteiger partial charge in [0, 0.05) is 17.3 Å². The zero-order valence-electron chi connectivity index (χ0n) is 21.0. The van der Waals surface area contributed by atoms with Gasteiger partial charge in [0.1, 0.15) is 0 Å². The quantitative estimate of drug-likeness (QED) is 0.500. The summed E-state index contributed by atoms with van der Waals surface area (Å²) in [6, 6.07) is 11.1. The van der Waals surface area contributed by atoms with Gasteiger partial charge in [-0.3, -0.25) is 4.79 Å². The summed E-state index contributed by atoms with van der Waals surface area (Å²) in [4.78, 5) is 20.6. The van der Waals surface area contributed by atoms with E-state index in [1.807, 2.05) is 18.2 Å². The summed E-state index contributed by atoms with van der Waals surface area (Å²) >= 11 is 1.41. The molecule has 1 fully saturated rings. The van der Waals surface area contributed by atoms with Gasteiger partial charge in [0.05, 0.1) is 10.6 Å². The molecule has 2 aromatic carbocycles. The van der Waals surface area contributed by atoms with Gasteiger partial charge in [-0.25, -0.2) is 4.99 Å². The molecule has 1 saturated heterocycles. The van der Waals surface area contributed by atoms with Gasteiger partial charge in [-0.1, -0.05) is 13.0 Å². The summed E-state index contributed by atoms with van der Waals surface area (Å²) in [5.41, 5.74) is 8.39. The van der Waals surface area contributed by atoms with Crippen LogP contribution in [0, 0.1) is 20.8 Å². The molecule has 4 rings (SSSR count). The highest BCUT2D eigenvalue weighted by Gasteiger charge is 2.38. The molecule has 1 amide bonds. The average Bonchev–Trinajstić information content (AvgIpc) is 3.03. The molecule has 5 heteroatoms. The van der Waals surface area contributed by atoms with Crippen LogP contribution in [0.25, 0.3) is 6.08 Å². The zero-order chi connectivity index (χ0) is 24.1. The predicted octanol–water partition coefficient (Wildman–Crippen LogP) is 7.00. The Morgan fingerprint density at radius 3 is 2.52 bits per heavy atom. The van der Waals surface area contributed by atoms with Crippen molar-refractivity contribution in [3.63, 3.8) is 0 Å². The van der Waals surface area contributed by atoms with Crippen molar-refractivity contribution in [3.8, 4) is 0 Å². The van der Waals surface area contributed by atoms with Crippen LogP contribution in [0.4, 0.5) is 11.4 Å². The summed E-state index contributed by atoms with van der Waals surface area (Å²) < 4.78 is 0. The third-order valence-electron chi connectivity index (χ3n) is 6.84. The van der Waals surface area contributed by atoms with E-state index in [0.717, 1.165) is 17.7 Å². The Balaban J connectivity index is 1.67. The van der Waals surface area contributed by atoms with Crippen LogP contribution in [-0.2, 0) is 4.79 Å². The Morgan fingerprint density at radius 1 is 1.12 bits per heavy atom. The molecular formula is C28H35N3OS. The lowest BCUT2D eigenvalue weighted by Gasteiger charge is -2.50. The van der Waals surface area contributed by atoms with Crippen LogP contribution in [-0.4, -0.2) is 22.7 Å². The molecule has 0 spiro atoms. The first kappa shape index (κ1) is 23.6. The number of rotatable bonds is 3. The first-order valence-electron chi connectivity index (χ1n) is 11.8. The molecule has 0 bridgehead atoms. The number of fused-ring (bicyclic) bond motifs is 1. The minimum Gasteiger partial charge on any atom is -0.364 e. The molecule has 2 aliphatic heterocycles. The molecule has 174 valence electrons. The number of thioether (sulfide) groups is 1. The van der Waals surface area contributed by atoms with Crippen LogP contribution in [0.2, 0.25) is 0 Å². The molecule has 2 heterocycles. The van der Waals surface area contributed by atoms with Crippen LogP contribution >= 0.6 is 11.8 Å². The molecule has 0 aromatic heterocycles. The largest absolute Gasteiger partial charge is 0.364 e. The van der Waals surface area contributed by atoms with E-state index in [1.165, 1.54) is 39.7 Å².